The van der Waals surface area contributed by atoms with Gasteiger partial charge in [-0.3, -0.25) is 10.1 Å². The summed E-state index contributed by atoms with van der Waals surface area (Å²) in [6.45, 7) is 7.61. The average molecular weight is 279 g/mol. The summed E-state index contributed by atoms with van der Waals surface area (Å²) in [6.07, 6.45) is 1.02. The van der Waals surface area contributed by atoms with E-state index in [9.17, 15) is 4.79 Å². The van der Waals surface area contributed by atoms with Crippen molar-refractivity contribution in [2.24, 2.45) is 5.92 Å². The molecule has 0 radical (unpaired) electrons. The lowest BCUT2D eigenvalue weighted by Crippen LogP contribution is -2.42. The van der Waals surface area contributed by atoms with Gasteiger partial charge in [-0.05, 0) is 26.8 Å². The molecule has 0 spiro atoms. The molecule has 1 fully saturated rings. The number of aromatic nitrogens is 3. The molecule has 2 atom stereocenters. The number of hydrogen-bond acceptors (Lipinski definition) is 6. The fourth-order valence-corrected chi connectivity index (χ4v) is 2.06. The van der Waals surface area contributed by atoms with E-state index in [0.717, 1.165) is 24.4 Å². The van der Waals surface area contributed by atoms with Crippen molar-refractivity contribution >= 4 is 11.9 Å². The molecule has 7 heteroatoms. The number of carbonyl (C=O) groups excluding carboxylic acids is 1. The highest BCUT2D eigenvalue weighted by Gasteiger charge is 2.34. The number of nitrogens with zero attached hydrogens (tertiary/aromatic N) is 3. The molecule has 1 saturated heterocycles. The van der Waals surface area contributed by atoms with E-state index < -0.39 is 0 Å². The fourth-order valence-electron chi connectivity index (χ4n) is 2.06. The van der Waals surface area contributed by atoms with Crippen molar-refractivity contribution in [3.8, 4) is 0 Å². The quantitative estimate of drug-likeness (QED) is 0.813. The van der Waals surface area contributed by atoms with Crippen LogP contribution in [0.4, 0.5) is 5.95 Å². The Hall–Kier alpha value is -1.60. The van der Waals surface area contributed by atoms with Gasteiger partial charge in [0.2, 0.25) is 11.9 Å². The molecular weight excluding hydrogens is 258 g/mol. The van der Waals surface area contributed by atoms with Crippen molar-refractivity contribution in [3.05, 3.63) is 11.4 Å². The summed E-state index contributed by atoms with van der Waals surface area (Å²) in [5.74, 6) is -0.0906. The van der Waals surface area contributed by atoms with Crippen LogP contribution in [0.5, 0.6) is 0 Å². The molecule has 1 aliphatic rings. The van der Waals surface area contributed by atoms with E-state index in [1.165, 1.54) is 0 Å². The smallest absolute Gasteiger partial charge is 0.249 e. The topological polar surface area (TPSA) is 89.0 Å². The predicted molar refractivity (Wildman–Crippen MR) is 74.3 cm³/mol. The van der Waals surface area contributed by atoms with Gasteiger partial charge >= 0.3 is 0 Å². The predicted octanol–water partition coefficient (Wildman–Crippen LogP) is 0.442. The third-order valence-electron chi connectivity index (χ3n) is 3.40. The highest BCUT2D eigenvalue weighted by atomic mass is 16.5. The lowest BCUT2D eigenvalue weighted by Gasteiger charge is -2.17. The first-order valence-electron chi connectivity index (χ1n) is 6.91. The third kappa shape index (κ3) is 3.49. The Kier molecular flexibility index (Phi) is 4.97. The Morgan fingerprint density at radius 1 is 1.30 bits per heavy atom. The molecule has 7 nitrogen and oxygen atoms in total. The second-order valence-corrected chi connectivity index (χ2v) is 5.00. The molecule has 0 aliphatic carbocycles. The Labute approximate surface area is 118 Å². The fraction of sp³-hybridized carbons (Fsp3) is 0.692. The Morgan fingerprint density at radius 2 is 2.10 bits per heavy atom. The van der Waals surface area contributed by atoms with E-state index in [1.54, 1.807) is 0 Å². The molecule has 0 bridgehead atoms. The molecule has 0 saturated carbocycles. The second-order valence-electron chi connectivity index (χ2n) is 5.00. The van der Waals surface area contributed by atoms with Gasteiger partial charge < -0.3 is 10.1 Å². The number of ether oxygens (including phenoxy) is 1. The first kappa shape index (κ1) is 14.8. The summed E-state index contributed by atoms with van der Waals surface area (Å²) in [7, 11) is 0. The van der Waals surface area contributed by atoms with Crippen molar-refractivity contribution in [3.63, 3.8) is 0 Å². The van der Waals surface area contributed by atoms with E-state index in [1.807, 2.05) is 13.8 Å². The highest BCUT2D eigenvalue weighted by molar-refractivity contribution is 5.91. The summed E-state index contributed by atoms with van der Waals surface area (Å²) < 4.78 is 5.39. The highest BCUT2D eigenvalue weighted by Crippen LogP contribution is 2.15. The van der Waals surface area contributed by atoms with Crippen LogP contribution in [0.2, 0.25) is 0 Å². The second kappa shape index (κ2) is 6.71. The maximum atomic E-state index is 12.2. The third-order valence-corrected chi connectivity index (χ3v) is 3.40. The first-order valence-corrected chi connectivity index (χ1v) is 6.91. The SMILES string of the molecule is CCCNC1COCC1C(=O)Nc1nnc(C)c(C)n1. The molecular formula is C13H21N5O2. The van der Waals surface area contributed by atoms with Crippen LogP contribution < -0.4 is 10.6 Å². The summed E-state index contributed by atoms with van der Waals surface area (Å²) >= 11 is 0. The largest absolute Gasteiger partial charge is 0.379 e. The number of anilines is 1. The van der Waals surface area contributed by atoms with Crippen LogP contribution in [0.3, 0.4) is 0 Å². The Morgan fingerprint density at radius 3 is 2.80 bits per heavy atom. The van der Waals surface area contributed by atoms with Gasteiger partial charge in [0.05, 0.1) is 30.5 Å². The maximum absolute atomic E-state index is 12.2. The zero-order valence-corrected chi connectivity index (χ0v) is 12.1. The van der Waals surface area contributed by atoms with Crippen molar-refractivity contribution in [2.75, 3.05) is 25.1 Å². The van der Waals surface area contributed by atoms with Crippen LogP contribution >= 0.6 is 0 Å². The molecule has 2 unspecified atom stereocenters. The van der Waals surface area contributed by atoms with Gasteiger partial charge in [-0.2, -0.15) is 5.10 Å². The summed E-state index contributed by atoms with van der Waals surface area (Å²) in [6, 6.07) is 0.0504. The van der Waals surface area contributed by atoms with Crippen LogP contribution in [0, 0.1) is 19.8 Å². The monoisotopic (exact) mass is 279 g/mol. The van der Waals surface area contributed by atoms with E-state index in [-0.39, 0.29) is 23.8 Å². The Bertz CT molecular complexity index is 480. The minimum atomic E-state index is -0.216. The molecule has 1 aromatic heterocycles. The first-order chi connectivity index (χ1) is 9.61. The van der Waals surface area contributed by atoms with Gasteiger partial charge in [0, 0.05) is 6.04 Å². The van der Waals surface area contributed by atoms with Crippen molar-refractivity contribution in [2.45, 2.75) is 33.2 Å². The molecule has 1 aliphatic heterocycles. The molecule has 0 aromatic carbocycles. The number of carbonyl (C=O) groups is 1. The summed E-state index contributed by atoms with van der Waals surface area (Å²) in [4.78, 5) is 16.5. The molecule has 20 heavy (non-hydrogen) atoms. The van der Waals surface area contributed by atoms with Gasteiger partial charge in [0.15, 0.2) is 0 Å². The molecule has 110 valence electrons. The average Bonchev–Trinajstić information content (AvgIpc) is 2.89. The number of hydrogen-bond donors (Lipinski definition) is 2. The molecule has 2 N–H and O–H groups in total. The zero-order valence-electron chi connectivity index (χ0n) is 12.1. The van der Waals surface area contributed by atoms with Crippen LogP contribution in [0.1, 0.15) is 24.7 Å². The van der Waals surface area contributed by atoms with Gasteiger partial charge in [-0.1, -0.05) is 6.92 Å². The molecule has 1 amide bonds. The van der Waals surface area contributed by atoms with Crippen LogP contribution in [-0.4, -0.2) is 46.9 Å². The van der Waals surface area contributed by atoms with Crippen LogP contribution in [0.25, 0.3) is 0 Å². The van der Waals surface area contributed by atoms with E-state index in [2.05, 4.69) is 32.7 Å². The zero-order chi connectivity index (χ0) is 14.5. The van der Waals surface area contributed by atoms with Gasteiger partial charge in [-0.25, -0.2) is 4.98 Å². The summed E-state index contributed by atoms with van der Waals surface area (Å²) in [5.41, 5.74) is 1.52. The number of aryl methyl sites for hydroxylation is 2. The molecule has 1 aromatic rings. The van der Waals surface area contributed by atoms with E-state index >= 15 is 0 Å². The molecule has 2 rings (SSSR count). The van der Waals surface area contributed by atoms with Gasteiger partial charge in [0.25, 0.3) is 0 Å². The maximum Gasteiger partial charge on any atom is 0.249 e. The normalized spacial score (nSPS) is 21.9. The minimum Gasteiger partial charge on any atom is -0.379 e. The van der Waals surface area contributed by atoms with Gasteiger partial charge in [0.1, 0.15) is 0 Å². The summed E-state index contributed by atoms with van der Waals surface area (Å²) in [5, 5.41) is 13.9. The van der Waals surface area contributed by atoms with Crippen LogP contribution in [0.15, 0.2) is 0 Å². The van der Waals surface area contributed by atoms with E-state index in [0.29, 0.717) is 13.2 Å². The number of rotatable bonds is 5. The van der Waals surface area contributed by atoms with Crippen molar-refractivity contribution in [1.82, 2.24) is 20.5 Å². The minimum absolute atomic E-state index is 0.0504. The number of nitrogens with one attached hydrogen (secondary N) is 2. The van der Waals surface area contributed by atoms with Crippen molar-refractivity contribution < 1.29 is 9.53 Å². The lowest BCUT2D eigenvalue weighted by molar-refractivity contribution is -0.120. The van der Waals surface area contributed by atoms with E-state index in [4.69, 9.17) is 4.74 Å². The van der Waals surface area contributed by atoms with Crippen molar-refractivity contribution in [1.29, 1.82) is 0 Å². The Balaban J connectivity index is 1.98. The molecule has 2 heterocycles. The standard InChI is InChI=1S/C13H21N5O2/c1-4-5-14-11-7-20-6-10(11)12(19)16-13-15-8(2)9(3)17-18-13/h10-11,14H,4-7H2,1-3H3,(H,15,16,18,19). The van der Waals surface area contributed by atoms with Crippen LogP contribution in [-0.2, 0) is 9.53 Å². The number of amides is 1. The van der Waals surface area contributed by atoms with Gasteiger partial charge in [-0.15, -0.1) is 5.10 Å². The lowest BCUT2D eigenvalue weighted by atomic mass is 10.0.